The fraction of sp³-hybridized carbons (Fsp3) is 0.550. The van der Waals surface area contributed by atoms with Gasteiger partial charge in [-0.1, -0.05) is 44.2 Å². The molecule has 28 heavy (non-hydrogen) atoms. The number of benzene rings is 1. The lowest BCUT2D eigenvalue weighted by Gasteiger charge is -2.26. The van der Waals surface area contributed by atoms with Gasteiger partial charge in [0.1, 0.15) is 6.04 Å². The van der Waals surface area contributed by atoms with Crippen molar-refractivity contribution in [2.24, 2.45) is 17.4 Å². The van der Waals surface area contributed by atoms with Crippen molar-refractivity contribution >= 4 is 17.6 Å². The van der Waals surface area contributed by atoms with Gasteiger partial charge in [-0.15, -0.1) is 0 Å². The second-order valence-electron chi connectivity index (χ2n) is 7.12. The van der Waals surface area contributed by atoms with Crippen molar-refractivity contribution in [2.75, 3.05) is 13.1 Å². The molecule has 1 aromatic carbocycles. The zero-order valence-corrected chi connectivity index (χ0v) is 16.7. The molecule has 0 aliphatic carbocycles. The van der Waals surface area contributed by atoms with Gasteiger partial charge in [0.25, 0.3) is 0 Å². The summed E-state index contributed by atoms with van der Waals surface area (Å²) in [5.74, 6) is -2.15. The van der Waals surface area contributed by atoms with Crippen LogP contribution in [0.2, 0.25) is 0 Å². The first kappa shape index (κ1) is 23.7. The molecular formula is C20H32N4O4. The van der Waals surface area contributed by atoms with E-state index in [0.29, 0.717) is 6.42 Å². The number of carbonyl (C=O) groups is 3. The van der Waals surface area contributed by atoms with Crippen LogP contribution in [0.1, 0.15) is 38.7 Å². The maximum atomic E-state index is 12.8. The number of nitrogens with one attached hydrogen (secondary N) is 2. The van der Waals surface area contributed by atoms with Gasteiger partial charge in [-0.3, -0.25) is 14.4 Å². The third kappa shape index (κ3) is 6.70. The highest BCUT2D eigenvalue weighted by molar-refractivity contribution is 5.94. The molecule has 0 aromatic heterocycles. The molecule has 0 aliphatic heterocycles. The summed E-state index contributed by atoms with van der Waals surface area (Å²) >= 11 is 0. The Kier molecular flexibility index (Phi) is 9.78. The molecule has 2 unspecified atom stereocenters. The number of nitrogens with two attached hydrogens (primary N) is 2. The van der Waals surface area contributed by atoms with E-state index < -0.39 is 35.9 Å². The van der Waals surface area contributed by atoms with Crippen molar-refractivity contribution in [3.05, 3.63) is 35.9 Å². The van der Waals surface area contributed by atoms with E-state index in [0.717, 1.165) is 5.56 Å². The Bertz CT molecular complexity index is 649. The average molecular weight is 393 g/mol. The molecule has 8 nitrogen and oxygen atoms in total. The Labute approximate surface area is 166 Å². The number of Topliss-reactive ketones (excluding diaryl/α,β-unsaturated/α-hetero) is 1. The monoisotopic (exact) mass is 392 g/mol. The van der Waals surface area contributed by atoms with Crippen LogP contribution in [-0.4, -0.2) is 54.0 Å². The second kappa shape index (κ2) is 11.5. The van der Waals surface area contributed by atoms with E-state index in [-0.39, 0.29) is 24.8 Å². The number of aliphatic hydroxyl groups excluding tert-OH is 1. The summed E-state index contributed by atoms with van der Waals surface area (Å²) in [5.41, 5.74) is 12.0. The Hall–Kier alpha value is -2.29. The Morgan fingerprint density at radius 1 is 1.00 bits per heavy atom. The predicted molar refractivity (Wildman–Crippen MR) is 107 cm³/mol. The van der Waals surface area contributed by atoms with Crippen LogP contribution in [0.4, 0.5) is 0 Å². The van der Waals surface area contributed by atoms with E-state index in [2.05, 4.69) is 10.6 Å². The van der Waals surface area contributed by atoms with E-state index in [1.807, 2.05) is 30.3 Å². The summed E-state index contributed by atoms with van der Waals surface area (Å²) in [4.78, 5) is 37.6. The number of hydrogen-bond donors (Lipinski definition) is 5. The van der Waals surface area contributed by atoms with E-state index in [4.69, 9.17) is 11.5 Å². The van der Waals surface area contributed by atoms with Crippen molar-refractivity contribution in [3.63, 3.8) is 0 Å². The number of ketones is 1. The van der Waals surface area contributed by atoms with Gasteiger partial charge in [0.2, 0.25) is 11.8 Å². The molecule has 1 rings (SSSR count). The lowest BCUT2D eigenvalue weighted by atomic mass is 9.94. The van der Waals surface area contributed by atoms with Crippen molar-refractivity contribution in [3.8, 4) is 0 Å². The molecule has 0 heterocycles. The molecule has 0 aliphatic rings. The summed E-state index contributed by atoms with van der Waals surface area (Å²) in [6.45, 7) is 5.04. The van der Waals surface area contributed by atoms with Crippen molar-refractivity contribution in [1.29, 1.82) is 0 Å². The van der Waals surface area contributed by atoms with Gasteiger partial charge in [-0.2, -0.15) is 0 Å². The predicted octanol–water partition coefficient (Wildman–Crippen LogP) is -0.347. The van der Waals surface area contributed by atoms with E-state index in [1.54, 1.807) is 13.8 Å². The zero-order chi connectivity index (χ0) is 21.3. The van der Waals surface area contributed by atoms with Gasteiger partial charge < -0.3 is 27.2 Å². The average Bonchev–Trinajstić information content (AvgIpc) is 2.67. The third-order valence-electron chi connectivity index (χ3n) is 4.50. The fourth-order valence-electron chi connectivity index (χ4n) is 2.87. The van der Waals surface area contributed by atoms with Crippen LogP contribution in [-0.2, 0) is 14.4 Å². The van der Waals surface area contributed by atoms with Gasteiger partial charge in [-0.25, -0.2) is 0 Å². The third-order valence-corrected chi connectivity index (χ3v) is 4.50. The highest BCUT2D eigenvalue weighted by Crippen LogP contribution is 2.19. The Morgan fingerprint density at radius 2 is 1.61 bits per heavy atom. The molecule has 7 N–H and O–H groups in total. The maximum Gasteiger partial charge on any atom is 0.245 e. The number of carbonyl (C=O) groups excluding carboxylic acids is 3. The molecule has 4 atom stereocenters. The van der Waals surface area contributed by atoms with E-state index >= 15 is 0 Å². The number of hydrogen-bond acceptors (Lipinski definition) is 6. The highest BCUT2D eigenvalue weighted by Gasteiger charge is 2.32. The van der Waals surface area contributed by atoms with Crippen molar-refractivity contribution in [1.82, 2.24) is 10.6 Å². The lowest BCUT2D eigenvalue weighted by molar-refractivity contribution is -0.134. The number of rotatable bonds is 11. The molecule has 0 fully saturated rings. The number of amides is 2. The fourth-order valence-corrected chi connectivity index (χ4v) is 2.87. The molecule has 0 bridgehead atoms. The van der Waals surface area contributed by atoms with E-state index in [9.17, 15) is 19.5 Å². The normalized spacial score (nSPS) is 15.4. The summed E-state index contributed by atoms with van der Waals surface area (Å²) < 4.78 is 0. The topological polar surface area (TPSA) is 148 Å². The lowest BCUT2D eigenvalue weighted by Crippen LogP contribution is -2.58. The smallest absolute Gasteiger partial charge is 0.245 e. The van der Waals surface area contributed by atoms with Crippen LogP contribution in [0.3, 0.4) is 0 Å². The summed E-state index contributed by atoms with van der Waals surface area (Å²) in [7, 11) is 0. The minimum Gasteiger partial charge on any atom is -0.391 e. The highest BCUT2D eigenvalue weighted by atomic mass is 16.3. The first-order valence-corrected chi connectivity index (χ1v) is 9.50. The SMILES string of the molecule is CC(C)C(=O)[C@H](CN)NC(=O)[C@@H](NC(=O)C(CCN)c1ccccc1)C(C)O. The van der Waals surface area contributed by atoms with Crippen LogP contribution in [0.15, 0.2) is 30.3 Å². The maximum absolute atomic E-state index is 12.8. The Morgan fingerprint density at radius 3 is 2.07 bits per heavy atom. The summed E-state index contributed by atoms with van der Waals surface area (Å²) in [6.07, 6.45) is -0.771. The molecule has 0 saturated heterocycles. The molecule has 1 aromatic rings. The van der Waals surface area contributed by atoms with Gasteiger partial charge in [0.05, 0.1) is 18.1 Å². The summed E-state index contributed by atoms with van der Waals surface area (Å²) in [6, 6.07) is 6.99. The van der Waals surface area contributed by atoms with Gasteiger partial charge in [-0.05, 0) is 25.5 Å². The molecule has 0 saturated carbocycles. The number of aliphatic hydroxyl groups is 1. The molecule has 8 heteroatoms. The van der Waals surface area contributed by atoms with Gasteiger partial charge >= 0.3 is 0 Å². The molecular weight excluding hydrogens is 360 g/mol. The quantitative estimate of drug-likeness (QED) is 0.348. The van der Waals surface area contributed by atoms with Gasteiger partial charge in [0, 0.05) is 12.5 Å². The first-order chi connectivity index (χ1) is 13.2. The van der Waals surface area contributed by atoms with Crippen LogP contribution in [0.5, 0.6) is 0 Å². The van der Waals surface area contributed by atoms with Crippen molar-refractivity contribution in [2.45, 2.75) is 51.3 Å². The molecule has 0 radical (unpaired) electrons. The molecule has 156 valence electrons. The van der Waals surface area contributed by atoms with Crippen LogP contribution < -0.4 is 22.1 Å². The minimum absolute atomic E-state index is 0.0664. The van der Waals surface area contributed by atoms with Crippen LogP contribution in [0, 0.1) is 5.92 Å². The van der Waals surface area contributed by atoms with Crippen molar-refractivity contribution < 1.29 is 19.5 Å². The second-order valence-corrected chi connectivity index (χ2v) is 7.12. The first-order valence-electron chi connectivity index (χ1n) is 9.50. The van der Waals surface area contributed by atoms with Gasteiger partial charge in [0.15, 0.2) is 5.78 Å². The zero-order valence-electron chi connectivity index (χ0n) is 16.7. The standard InChI is InChI=1S/C20H32N4O4/c1-12(2)18(26)16(11-22)23-20(28)17(13(3)25)24-19(27)15(9-10-21)14-7-5-4-6-8-14/h4-8,12-13,15-17,25H,9-11,21-22H2,1-3H3,(H,23,28)(H,24,27)/t13?,15?,16-,17-/m0/s1. The van der Waals surface area contributed by atoms with E-state index in [1.165, 1.54) is 6.92 Å². The summed E-state index contributed by atoms with van der Waals surface area (Å²) in [5, 5.41) is 15.2. The van der Waals surface area contributed by atoms with Crippen LogP contribution in [0.25, 0.3) is 0 Å². The molecule has 2 amide bonds. The van der Waals surface area contributed by atoms with Crippen LogP contribution >= 0.6 is 0 Å². The molecule has 0 spiro atoms. The Balaban J connectivity index is 2.94. The minimum atomic E-state index is -1.22. The largest absolute Gasteiger partial charge is 0.391 e.